The van der Waals surface area contributed by atoms with Crippen molar-refractivity contribution in [2.24, 2.45) is 0 Å². The summed E-state index contributed by atoms with van der Waals surface area (Å²) in [5.41, 5.74) is 6.51. The molecule has 0 aliphatic rings. The largest absolute Gasteiger partial charge is 0.397 e. The van der Waals surface area contributed by atoms with Crippen LogP contribution in [0, 0.1) is 6.92 Å². The normalized spacial score (nSPS) is 13.5. The highest BCUT2D eigenvalue weighted by atomic mass is 35.5. The monoisotopic (exact) mass is 322 g/mol. The Bertz CT molecular complexity index is 547. The molecule has 0 saturated carbocycles. The second-order valence-corrected chi connectivity index (χ2v) is 7.79. The van der Waals surface area contributed by atoms with Crippen LogP contribution in [-0.2, 0) is 10.0 Å². The van der Waals surface area contributed by atoms with E-state index in [0.717, 1.165) is 6.42 Å². The van der Waals surface area contributed by atoms with Crippen molar-refractivity contribution in [2.45, 2.75) is 30.4 Å². The molecule has 1 rings (SSSR count). The van der Waals surface area contributed by atoms with Crippen molar-refractivity contribution in [3.63, 3.8) is 0 Å². The minimum absolute atomic E-state index is 0.186. The number of sulfonamides is 1. The van der Waals surface area contributed by atoms with Crippen LogP contribution in [-0.4, -0.2) is 26.5 Å². The minimum atomic E-state index is -3.53. The van der Waals surface area contributed by atoms with Crippen molar-refractivity contribution < 1.29 is 8.42 Å². The van der Waals surface area contributed by atoms with Crippen LogP contribution in [0.4, 0.5) is 5.69 Å². The van der Waals surface area contributed by atoms with Gasteiger partial charge in [0.05, 0.1) is 15.6 Å². The minimum Gasteiger partial charge on any atom is -0.397 e. The summed E-state index contributed by atoms with van der Waals surface area (Å²) in [6.07, 6.45) is 2.78. The molecule has 0 aromatic heterocycles. The van der Waals surface area contributed by atoms with Gasteiger partial charge in [-0.2, -0.15) is 11.8 Å². The molecule has 0 heterocycles. The van der Waals surface area contributed by atoms with Crippen LogP contribution in [0.5, 0.6) is 0 Å². The predicted octanol–water partition coefficient (Wildman–Crippen LogP) is 2.65. The second-order valence-electron chi connectivity index (χ2n) is 4.37. The van der Waals surface area contributed by atoms with Crippen molar-refractivity contribution >= 4 is 39.1 Å². The van der Waals surface area contributed by atoms with Gasteiger partial charge in [-0.25, -0.2) is 13.1 Å². The number of anilines is 1. The van der Waals surface area contributed by atoms with Crippen molar-refractivity contribution in [2.75, 3.05) is 18.5 Å². The van der Waals surface area contributed by atoms with E-state index in [1.165, 1.54) is 6.07 Å². The number of nitrogen functional groups attached to an aromatic ring is 1. The van der Waals surface area contributed by atoms with Gasteiger partial charge in [0.1, 0.15) is 0 Å². The molecule has 1 atom stereocenters. The second kappa shape index (κ2) is 6.83. The summed E-state index contributed by atoms with van der Waals surface area (Å²) in [5.74, 6) is 0. The first kappa shape index (κ1) is 16.6. The third-order valence-corrected chi connectivity index (χ3v) is 5.80. The van der Waals surface area contributed by atoms with Crippen LogP contribution >= 0.6 is 23.4 Å². The van der Waals surface area contributed by atoms with Crippen LogP contribution in [0.15, 0.2) is 17.0 Å². The van der Waals surface area contributed by atoms with Crippen molar-refractivity contribution in [3.05, 3.63) is 22.7 Å². The molecule has 0 fully saturated rings. The zero-order valence-corrected chi connectivity index (χ0v) is 13.6. The van der Waals surface area contributed by atoms with E-state index in [0.29, 0.717) is 22.4 Å². The molecule has 0 amide bonds. The Morgan fingerprint density at radius 1 is 1.47 bits per heavy atom. The number of rotatable bonds is 6. The number of hydrogen-bond donors (Lipinski definition) is 2. The zero-order chi connectivity index (χ0) is 14.6. The molecule has 1 aromatic carbocycles. The van der Waals surface area contributed by atoms with E-state index in [2.05, 4.69) is 11.6 Å². The number of aryl methyl sites for hydroxylation is 1. The van der Waals surface area contributed by atoms with Crippen molar-refractivity contribution in [1.82, 2.24) is 4.72 Å². The summed E-state index contributed by atoms with van der Waals surface area (Å²) >= 11 is 7.56. The van der Waals surface area contributed by atoms with Gasteiger partial charge >= 0.3 is 0 Å². The lowest BCUT2D eigenvalue weighted by Gasteiger charge is -2.12. The van der Waals surface area contributed by atoms with Gasteiger partial charge in [-0.1, -0.05) is 18.5 Å². The average molecular weight is 323 g/mol. The molecule has 19 heavy (non-hydrogen) atoms. The van der Waals surface area contributed by atoms with Crippen LogP contribution in [0.1, 0.15) is 18.9 Å². The van der Waals surface area contributed by atoms with Gasteiger partial charge < -0.3 is 5.73 Å². The molecule has 0 saturated heterocycles. The fourth-order valence-corrected chi connectivity index (χ4v) is 3.43. The molecule has 0 aliphatic heterocycles. The Kier molecular flexibility index (Phi) is 5.98. The molecule has 3 N–H and O–H groups in total. The zero-order valence-electron chi connectivity index (χ0n) is 11.2. The summed E-state index contributed by atoms with van der Waals surface area (Å²) in [5, 5.41) is 0.784. The molecular formula is C12H19ClN2O2S2. The number of halogens is 1. The van der Waals surface area contributed by atoms with E-state index < -0.39 is 10.0 Å². The van der Waals surface area contributed by atoms with Crippen LogP contribution in [0.3, 0.4) is 0 Å². The van der Waals surface area contributed by atoms with Gasteiger partial charge in [0.25, 0.3) is 0 Å². The van der Waals surface area contributed by atoms with Crippen LogP contribution < -0.4 is 10.5 Å². The topological polar surface area (TPSA) is 72.2 Å². The highest BCUT2D eigenvalue weighted by molar-refractivity contribution is 7.99. The predicted molar refractivity (Wildman–Crippen MR) is 83.4 cm³/mol. The van der Waals surface area contributed by atoms with Gasteiger partial charge in [0.15, 0.2) is 0 Å². The maximum atomic E-state index is 12.2. The summed E-state index contributed by atoms with van der Waals surface area (Å²) in [6.45, 7) is 4.17. The third-order valence-electron chi connectivity index (χ3n) is 2.83. The van der Waals surface area contributed by atoms with Crippen LogP contribution in [0.25, 0.3) is 0 Å². The number of benzene rings is 1. The molecule has 1 aromatic rings. The highest BCUT2D eigenvalue weighted by Gasteiger charge is 2.18. The summed E-state index contributed by atoms with van der Waals surface area (Å²) in [7, 11) is -3.53. The van der Waals surface area contributed by atoms with Crippen molar-refractivity contribution in [3.8, 4) is 0 Å². The van der Waals surface area contributed by atoms with E-state index >= 15 is 0 Å². The molecule has 0 bridgehead atoms. The Morgan fingerprint density at radius 2 is 2.11 bits per heavy atom. The molecule has 0 radical (unpaired) electrons. The van der Waals surface area contributed by atoms with E-state index in [4.69, 9.17) is 17.3 Å². The Balaban J connectivity index is 2.86. The lowest BCUT2D eigenvalue weighted by atomic mass is 10.2. The fourth-order valence-electron chi connectivity index (χ4n) is 1.55. The molecular weight excluding hydrogens is 304 g/mol. The summed E-state index contributed by atoms with van der Waals surface area (Å²) in [6, 6.07) is 2.97. The first-order chi connectivity index (χ1) is 8.77. The maximum absolute atomic E-state index is 12.2. The number of nitrogens with one attached hydrogen (secondary N) is 1. The maximum Gasteiger partial charge on any atom is 0.240 e. The van der Waals surface area contributed by atoms with Gasteiger partial charge in [-0.05, 0) is 37.3 Å². The van der Waals surface area contributed by atoms with Gasteiger partial charge in [0.2, 0.25) is 10.0 Å². The summed E-state index contributed by atoms with van der Waals surface area (Å²) < 4.78 is 26.9. The Labute approximate surface area is 124 Å². The van der Waals surface area contributed by atoms with E-state index in [1.807, 2.05) is 6.26 Å². The van der Waals surface area contributed by atoms with E-state index in [-0.39, 0.29) is 10.6 Å². The van der Waals surface area contributed by atoms with E-state index in [1.54, 1.807) is 24.8 Å². The fraction of sp³-hybridized carbons (Fsp3) is 0.500. The Morgan fingerprint density at radius 3 is 2.68 bits per heavy atom. The smallest absolute Gasteiger partial charge is 0.240 e. The molecule has 108 valence electrons. The first-order valence-corrected chi connectivity index (χ1v) is 9.01. The van der Waals surface area contributed by atoms with Crippen LogP contribution in [0.2, 0.25) is 5.02 Å². The third kappa shape index (κ3) is 4.56. The number of thioether (sulfide) groups is 1. The molecule has 7 heteroatoms. The average Bonchev–Trinajstić information content (AvgIpc) is 2.33. The number of hydrogen-bond acceptors (Lipinski definition) is 4. The van der Waals surface area contributed by atoms with Crippen molar-refractivity contribution in [1.29, 1.82) is 0 Å². The standard InChI is InChI=1S/C12H19ClN2O2S2/c1-8-6-10(13)11(14)7-12(8)19(16,17)15-5-4-9(2)18-3/h6-7,9,15H,4-5,14H2,1-3H3. The molecule has 0 aliphatic carbocycles. The van der Waals surface area contributed by atoms with Gasteiger partial charge in [-0.3, -0.25) is 0 Å². The van der Waals surface area contributed by atoms with E-state index in [9.17, 15) is 8.42 Å². The first-order valence-electron chi connectivity index (χ1n) is 5.86. The molecule has 4 nitrogen and oxygen atoms in total. The Hall–Kier alpha value is -0.430. The SMILES string of the molecule is CSC(C)CCNS(=O)(=O)c1cc(N)c(Cl)cc1C. The van der Waals surface area contributed by atoms with Gasteiger partial charge in [0, 0.05) is 11.8 Å². The molecule has 1 unspecified atom stereocenters. The lowest BCUT2D eigenvalue weighted by Crippen LogP contribution is -2.27. The highest BCUT2D eigenvalue weighted by Crippen LogP contribution is 2.26. The quantitative estimate of drug-likeness (QED) is 0.790. The molecule has 0 spiro atoms. The summed E-state index contributed by atoms with van der Waals surface area (Å²) in [4.78, 5) is 0.186. The lowest BCUT2D eigenvalue weighted by molar-refractivity contribution is 0.578. The van der Waals surface area contributed by atoms with Gasteiger partial charge in [-0.15, -0.1) is 0 Å². The number of nitrogens with two attached hydrogens (primary N) is 1.